The van der Waals surface area contributed by atoms with E-state index < -0.39 is 0 Å². The average molecular weight is 277 g/mol. The maximum atomic E-state index is 8.92. The van der Waals surface area contributed by atoms with Gasteiger partial charge >= 0.3 is 0 Å². The Hall–Kier alpha value is -1.71. The largest absolute Gasteiger partial charge is 0.493 e. The van der Waals surface area contributed by atoms with E-state index in [0.29, 0.717) is 12.5 Å². The van der Waals surface area contributed by atoms with Crippen molar-refractivity contribution in [3.05, 3.63) is 23.8 Å². The molecular weight excluding hydrogens is 254 g/mol. The molecule has 110 valence electrons. The molecule has 20 heavy (non-hydrogen) atoms. The van der Waals surface area contributed by atoms with E-state index in [-0.39, 0.29) is 0 Å². The van der Waals surface area contributed by atoms with Crippen molar-refractivity contribution in [1.82, 2.24) is 0 Å². The van der Waals surface area contributed by atoms with Crippen LogP contribution in [0, 0.1) is 0 Å². The summed E-state index contributed by atoms with van der Waals surface area (Å²) in [4.78, 5) is 0. The number of oxime groups is 1. The fraction of sp³-hybridized carbons (Fsp3) is 0.562. The molecule has 2 rings (SSSR count). The lowest BCUT2D eigenvalue weighted by Crippen LogP contribution is -2.12. The first-order chi connectivity index (χ1) is 9.76. The van der Waals surface area contributed by atoms with Gasteiger partial charge in [-0.2, -0.15) is 0 Å². The lowest BCUT2D eigenvalue weighted by atomic mass is 10.1. The number of hydrogen-bond acceptors (Lipinski definition) is 4. The van der Waals surface area contributed by atoms with Crippen LogP contribution >= 0.6 is 0 Å². The van der Waals surface area contributed by atoms with E-state index in [4.69, 9.17) is 14.7 Å². The third-order valence-corrected chi connectivity index (χ3v) is 3.78. The van der Waals surface area contributed by atoms with Gasteiger partial charge in [-0.05, 0) is 49.8 Å². The van der Waals surface area contributed by atoms with Crippen LogP contribution in [0.5, 0.6) is 11.5 Å². The molecule has 1 N–H and O–H groups in total. The summed E-state index contributed by atoms with van der Waals surface area (Å²) in [7, 11) is 1.66. The van der Waals surface area contributed by atoms with E-state index in [9.17, 15) is 0 Å². The summed E-state index contributed by atoms with van der Waals surface area (Å²) in [6, 6.07) is 5.91. The van der Waals surface area contributed by atoms with E-state index in [2.05, 4.69) is 5.16 Å². The fourth-order valence-electron chi connectivity index (χ4n) is 2.58. The zero-order chi connectivity index (χ0) is 14.4. The van der Waals surface area contributed by atoms with Crippen molar-refractivity contribution in [1.29, 1.82) is 0 Å². The van der Waals surface area contributed by atoms with Crippen LogP contribution in [-0.2, 0) is 6.42 Å². The van der Waals surface area contributed by atoms with Gasteiger partial charge in [-0.1, -0.05) is 18.1 Å². The van der Waals surface area contributed by atoms with Crippen LogP contribution in [0.4, 0.5) is 0 Å². The summed E-state index contributed by atoms with van der Waals surface area (Å²) in [6.45, 7) is 1.98. The van der Waals surface area contributed by atoms with Crippen molar-refractivity contribution in [3.63, 3.8) is 0 Å². The number of hydrogen-bond donors (Lipinski definition) is 1. The van der Waals surface area contributed by atoms with Crippen molar-refractivity contribution in [3.8, 4) is 11.5 Å². The highest BCUT2D eigenvalue weighted by molar-refractivity contribution is 5.85. The Morgan fingerprint density at radius 1 is 1.30 bits per heavy atom. The molecule has 0 radical (unpaired) electrons. The summed E-state index contributed by atoms with van der Waals surface area (Å²) < 4.78 is 11.4. The third-order valence-electron chi connectivity index (χ3n) is 3.78. The average Bonchev–Trinajstić information content (AvgIpc) is 2.98. The van der Waals surface area contributed by atoms with Crippen molar-refractivity contribution in [2.45, 2.75) is 51.6 Å². The van der Waals surface area contributed by atoms with Gasteiger partial charge in [-0.25, -0.2) is 0 Å². The molecule has 0 unspecified atom stereocenters. The first-order valence-electron chi connectivity index (χ1n) is 7.30. The fourth-order valence-corrected chi connectivity index (χ4v) is 2.58. The number of benzene rings is 1. The van der Waals surface area contributed by atoms with Gasteiger partial charge in [0.25, 0.3) is 0 Å². The third kappa shape index (κ3) is 3.65. The van der Waals surface area contributed by atoms with Gasteiger partial charge in [0.2, 0.25) is 0 Å². The van der Waals surface area contributed by atoms with E-state index in [1.165, 1.54) is 12.8 Å². The highest BCUT2D eigenvalue weighted by Gasteiger charge is 2.18. The predicted molar refractivity (Wildman–Crippen MR) is 79.1 cm³/mol. The lowest BCUT2D eigenvalue weighted by Gasteiger charge is -2.17. The summed E-state index contributed by atoms with van der Waals surface area (Å²) in [5, 5.41) is 12.2. The van der Waals surface area contributed by atoms with Crippen LogP contribution < -0.4 is 9.47 Å². The molecular formula is C16H23NO3. The SMILES string of the molecule is CCC(Cc1ccc(OC)c(OC2CCCC2)c1)=NO. The Kier molecular flexibility index (Phi) is 5.27. The minimum atomic E-state index is 0.302. The van der Waals surface area contributed by atoms with Crippen LogP contribution in [-0.4, -0.2) is 24.1 Å². The van der Waals surface area contributed by atoms with Crippen molar-refractivity contribution in [2.75, 3.05) is 7.11 Å². The Morgan fingerprint density at radius 2 is 2.05 bits per heavy atom. The van der Waals surface area contributed by atoms with Gasteiger partial charge in [-0.15, -0.1) is 0 Å². The summed E-state index contributed by atoms with van der Waals surface area (Å²) in [5.41, 5.74) is 1.84. The molecule has 1 aromatic rings. The highest BCUT2D eigenvalue weighted by Crippen LogP contribution is 2.32. The minimum absolute atomic E-state index is 0.302. The molecule has 0 amide bonds. The number of ether oxygens (including phenoxy) is 2. The predicted octanol–water partition coefficient (Wildman–Crippen LogP) is 3.80. The standard InChI is InChI=1S/C16H23NO3/c1-3-13(17-18)10-12-8-9-15(19-2)16(11-12)20-14-6-4-5-7-14/h8-9,11,14,18H,3-7,10H2,1-2H3. The Bertz CT molecular complexity index is 465. The topological polar surface area (TPSA) is 51.0 Å². The van der Waals surface area contributed by atoms with Gasteiger partial charge in [-0.3, -0.25) is 0 Å². The van der Waals surface area contributed by atoms with Crippen molar-refractivity contribution in [2.24, 2.45) is 5.16 Å². The maximum Gasteiger partial charge on any atom is 0.161 e. The summed E-state index contributed by atoms with van der Waals surface area (Å²) in [5.74, 6) is 1.56. The minimum Gasteiger partial charge on any atom is -0.493 e. The second-order valence-corrected chi connectivity index (χ2v) is 5.21. The van der Waals surface area contributed by atoms with Crippen LogP contribution in [0.15, 0.2) is 23.4 Å². The van der Waals surface area contributed by atoms with Gasteiger partial charge in [0.05, 0.1) is 18.9 Å². The van der Waals surface area contributed by atoms with Crippen LogP contribution in [0.2, 0.25) is 0 Å². The molecule has 0 heterocycles. The second kappa shape index (κ2) is 7.17. The molecule has 1 aliphatic rings. The van der Waals surface area contributed by atoms with Gasteiger partial charge in [0, 0.05) is 6.42 Å². The van der Waals surface area contributed by atoms with Gasteiger partial charge < -0.3 is 14.7 Å². The molecule has 0 spiro atoms. The molecule has 1 saturated carbocycles. The number of nitrogens with zero attached hydrogens (tertiary/aromatic N) is 1. The molecule has 1 fully saturated rings. The summed E-state index contributed by atoms with van der Waals surface area (Å²) in [6.07, 6.45) is 6.39. The van der Waals surface area contributed by atoms with E-state index in [0.717, 1.165) is 42.0 Å². The summed E-state index contributed by atoms with van der Waals surface area (Å²) >= 11 is 0. The Balaban J connectivity index is 2.14. The number of rotatable bonds is 6. The smallest absolute Gasteiger partial charge is 0.161 e. The van der Waals surface area contributed by atoms with Gasteiger partial charge in [0.15, 0.2) is 11.5 Å². The zero-order valence-electron chi connectivity index (χ0n) is 12.3. The lowest BCUT2D eigenvalue weighted by molar-refractivity contribution is 0.200. The monoisotopic (exact) mass is 277 g/mol. The van der Waals surface area contributed by atoms with E-state index in [1.807, 2.05) is 25.1 Å². The first kappa shape index (κ1) is 14.7. The van der Waals surface area contributed by atoms with Crippen molar-refractivity contribution < 1.29 is 14.7 Å². The van der Waals surface area contributed by atoms with E-state index in [1.54, 1.807) is 7.11 Å². The zero-order valence-corrected chi connectivity index (χ0v) is 12.3. The molecule has 4 nitrogen and oxygen atoms in total. The van der Waals surface area contributed by atoms with Crippen molar-refractivity contribution >= 4 is 5.71 Å². The Morgan fingerprint density at radius 3 is 2.65 bits per heavy atom. The van der Waals surface area contributed by atoms with Crippen LogP contribution in [0.3, 0.4) is 0 Å². The Labute approximate surface area is 120 Å². The molecule has 0 aliphatic heterocycles. The molecule has 1 aliphatic carbocycles. The quantitative estimate of drug-likeness (QED) is 0.489. The molecule has 0 bridgehead atoms. The van der Waals surface area contributed by atoms with Crippen LogP contribution in [0.25, 0.3) is 0 Å². The highest BCUT2D eigenvalue weighted by atomic mass is 16.5. The van der Waals surface area contributed by atoms with E-state index >= 15 is 0 Å². The molecule has 1 aromatic carbocycles. The van der Waals surface area contributed by atoms with Gasteiger partial charge in [0.1, 0.15) is 0 Å². The molecule has 4 heteroatoms. The first-order valence-corrected chi connectivity index (χ1v) is 7.30. The number of methoxy groups -OCH3 is 1. The molecule has 0 saturated heterocycles. The van der Waals surface area contributed by atoms with Crippen LogP contribution in [0.1, 0.15) is 44.6 Å². The maximum absolute atomic E-state index is 8.92. The normalized spacial score (nSPS) is 16.4. The second-order valence-electron chi connectivity index (χ2n) is 5.21. The molecule has 0 aromatic heterocycles. The molecule has 0 atom stereocenters.